The van der Waals surface area contributed by atoms with Crippen molar-refractivity contribution in [3.05, 3.63) is 12.2 Å². The van der Waals surface area contributed by atoms with Crippen molar-refractivity contribution in [3.8, 4) is 0 Å². The van der Waals surface area contributed by atoms with Crippen LogP contribution in [0.15, 0.2) is 12.2 Å². The Bertz CT molecular complexity index is 238. The van der Waals surface area contributed by atoms with Crippen molar-refractivity contribution in [2.45, 2.75) is 64.8 Å². The minimum absolute atomic E-state index is 0.143. The number of carbonyl (C=O) groups is 1. The third-order valence-electron chi connectivity index (χ3n) is 2.98. The molecular weight excluding hydrogens is 216 g/mol. The Kier molecular flexibility index (Phi) is 6.64. The van der Waals surface area contributed by atoms with Crippen molar-refractivity contribution in [2.75, 3.05) is 0 Å². The predicted molar refractivity (Wildman–Crippen MR) is 72.3 cm³/mol. The minimum atomic E-state index is -1.08. The van der Waals surface area contributed by atoms with Crippen LogP contribution >= 0.6 is 0 Å². The van der Waals surface area contributed by atoms with E-state index in [1.165, 1.54) is 0 Å². The van der Waals surface area contributed by atoms with E-state index >= 15 is 0 Å². The molecule has 0 amide bonds. The van der Waals surface area contributed by atoms with Gasteiger partial charge in [0.05, 0.1) is 14.5 Å². The lowest BCUT2D eigenvalue weighted by molar-refractivity contribution is -0.141. The summed E-state index contributed by atoms with van der Waals surface area (Å²) in [7, 11) is -1.08. The van der Waals surface area contributed by atoms with Gasteiger partial charge in [-0.05, 0) is 13.3 Å². The summed E-state index contributed by atoms with van der Waals surface area (Å²) in [6.45, 7) is 16.4. The first-order valence-corrected chi connectivity index (χ1v) is 8.17. The van der Waals surface area contributed by atoms with Crippen LogP contribution in [0, 0.1) is 0 Å². The molecule has 0 saturated heterocycles. The highest BCUT2D eigenvalue weighted by atomic mass is 28.3. The monoisotopic (exact) mass is 242 g/mol. The minimum Gasteiger partial charge on any atom is -0.463 e. The van der Waals surface area contributed by atoms with E-state index in [2.05, 4.69) is 41.2 Å². The molecule has 0 heterocycles. The average Bonchev–Trinajstić information content (AvgIpc) is 2.14. The van der Waals surface area contributed by atoms with Gasteiger partial charge in [-0.1, -0.05) is 52.3 Å². The number of hydrogen-bond donors (Lipinski definition) is 0. The van der Waals surface area contributed by atoms with Gasteiger partial charge in [0.2, 0.25) is 0 Å². The number of carbonyl (C=O) groups excluding carboxylic acids is 1. The van der Waals surface area contributed by atoms with Gasteiger partial charge in [0.1, 0.15) is 0 Å². The van der Waals surface area contributed by atoms with Crippen LogP contribution in [0.3, 0.4) is 0 Å². The van der Waals surface area contributed by atoms with Crippen LogP contribution in [0.5, 0.6) is 0 Å². The van der Waals surface area contributed by atoms with Gasteiger partial charge in [-0.2, -0.15) is 0 Å². The fraction of sp³-hybridized carbons (Fsp3) is 0.769. The largest absolute Gasteiger partial charge is 0.463 e. The van der Waals surface area contributed by atoms with E-state index in [9.17, 15) is 4.79 Å². The summed E-state index contributed by atoms with van der Waals surface area (Å²) in [5, 5.41) is 0. The molecule has 0 radical (unpaired) electrons. The predicted octanol–water partition coefficient (Wildman–Crippen LogP) is 3.47. The smallest absolute Gasteiger partial charge is 0.333 e. The summed E-state index contributed by atoms with van der Waals surface area (Å²) in [6, 6.07) is 0. The molecule has 94 valence electrons. The van der Waals surface area contributed by atoms with Gasteiger partial charge in [-0.15, -0.1) is 0 Å². The Hall–Kier alpha value is -0.573. The third-order valence-corrected chi connectivity index (χ3v) is 7.52. The van der Waals surface area contributed by atoms with E-state index in [-0.39, 0.29) is 11.7 Å². The molecule has 0 N–H and O–H groups in total. The molecule has 0 bridgehead atoms. The molecule has 16 heavy (non-hydrogen) atoms. The molecule has 0 fully saturated rings. The van der Waals surface area contributed by atoms with Crippen LogP contribution in [0.25, 0.3) is 0 Å². The summed E-state index contributed by atoms with van der Waals surface area (Å²) in [4.78, 5) is 11.6. The molecule has 1 atom stereocenters. The van der Waals surface area contributed by atoms with E-state index in [0.29, 0.717) is 16.7 Å². The lowest BCUT2D eigenvalue weighted by Gasteiger charge is -2.31. The molecule has 0 aromatic rings. The molecule has 1 unspecified atom stereocenters. The van der Waals surface area contributed by atoms with Crippen LogP contribution in [-0.2, 0) is 9.53 Å². The van der Waals surface area contributed by atoms with Gasteiger partial charge >= 0.3 is 5.97 Å². The van der Waals surface area contributed by atoms with Crippen molar-refractivity contribution in [3.63, 3.8) is 0 Å². The van der Waals surface area contributed by atoms with Gasteiger partial charge in [0.25, 0.3) is 0 Å². The van der Waals surface area contributed by atoms with Gasteiger partial charge < -0.3 is 4.74 Å². The Morgan fingerprint density at radius 2 is 1.69 bits per heavy atom. The van der Waals surface area contributed by atoms with Crippen LogP contribution in [0.1, 0.15) is 48.0 Å². The molecule has 0 aliphatic rings. The van der Waals surface area contributed by atoms with Gasteiger partial charge in [-0.25, -0.2) is 4.79 Å². The fourth-order valence-electron chi connectivity index (χ4n) is 2.30. The van der Waals surface area contributed by atoms with E-state index in [0.717, 1.165) is 6.42 Å². The Balaban J connectivity index is 4.68. The van der Waals surface area contributed by atoms with Crippen LogP contribution < -0.4 is 0 Å². The first-order valence-electron chi connectivity index (χ1n) is 6.17. The standard InChI is InChI=1S/C13H26O2Si/c1-8-12(15-13(14)9(2)3)16(10(4)5)11(6)7/h10-12,16H,2,8H2,1,3-7H3. The average molecular weight is 242 g/mol. The molecular formula is C13H26O2Si. The van der Waals surface area contributed by atoms with Crippen LogP contribution in [0.4, 0.5) is 0 Å². The van der Waals surface area contributed by atoms with Crippen molar-refractivity contribution in [1.82, 2.24) is 0 Å². The zero-order valence-corrected chi connectivity index (χ0v) is 12.7. The second kappa shape index (κ2) is 6.89. The van der Waals surface area contributed by atoms with E-state index in [4.69, 9.17) is 4.74 Å². The SMILES string of the molecule is C=C(C)C(=O)OC(CC)[SiH](C(C)C)C(C)C. The summed E-state index contributed by atoms with van der Waals surface area (Å²) in [5.41, 5.74) is 1.95. The van der Waals surface area contributed by atoms with E-state index in [1.54, 1.807) is 6.92 Å². The molecule has 0 aromatic heterocycles. The molecule has 2 nitrogen and oxygen atoms in total. The highest BCUT2D eigenvalue weighted by molar-refractivity contribution is 6.63. The number of rotatable bonds is 6. The number of hydrogen-bond acceptors (Lipinski definition) is 2. The number of ether oxygens (including phenoxy) is 1. The summed E-state index contributed by atoms with van der Waals surface area (Å²) < 4.78 is 5.57. The highest BCUT2D eigenvalue weighted by Gasteiger charge is 2.30. The molecule has 0 spiro atoms. The Morgan fingerprint density at radius 1 is 1.25 bits per heavy atom. The van der Waals surface area contributed by atoms with Crippen molar-refractivity contribution >= 4 is 14.8 Å². The summed E-state index contributed by atoms with van der Waals surface area (Å²) in [6.07, 6.45) is 0.923. The zero-order chi connectivity index (χ0) is 12.9. The van der Waals surface area contributed by atoms with E-state index < -0.39 is 8.80 Å². The molecule has 0 aliphatic carbocycles. The molecule has 0 aromatic carbocycles. The van der Waals surface area contributed by atoms with Crippen LogP contribution in [-0.4, -0.2) is 20.5 Å². The molecule has 0 saturated carbocycles. The van der Waals surface area contributed by atoms with Crippen molar-refractivity contribution in [2.24, 2.45) is 0 Å². The zero-order valence-electron chi connectivity index (χ0n) is 11.5. The lowest BCUT2D eigenvalue weighted by Crippen LogP contribution is -2.39. The highest BCUT2D eigenvalue weighted by Crippen LogP contribution is 2.26. The van der Waals surface area contributed by atoms with Gasteiger partial charge in [0, 0.05) is 5.57 Å². The maximum absolute atomic E-state index is 11.6. The van der Waals surface area contributed by atoms with Gasteiger partial charge in [-0.3, -0.25) is 0 Å². The van der Waals surface area contributed by atoms with Crippen LogP contribution in [0.2, 0.25) is 11.1 Å². The lowest BCUT2D eigenvalue weighted by atomic mass is 10.4. The molecule has 0 rings (SSSR count). The molecule has 0 aliphatic heterocycles. The quantitative estimate of drug-likeness (QED) is 0.405. The summed E-state index contributed by atoms with van der Waals surface area (Å²) in [5.74, 6) is -0.231. The third kappa shape index (κ3) is 4.52. The Morgan fingerprint density at radius 3 is 1.94 bits per heavy atom. The second-order valence-electron chi connectivity index (χ2n) is 5.20. The van der Waals surface area contributed by atoms with Crippen molar-refractivity contribution in [1.29, 1.82) is 0 Å². The van der Waals surface area contributed by atoms with Gasteiger partial charge in [0.15, 0.2) is 0 Å². The molecule has 3 heteroatoms. The maximum Gasteiger partial charge on any atom is 0.333 e. The van der Waals surface area contributed by atoms with E-state index in [1.807, 2.05) is 0 Å². The first kappa shape index (κ1) is 15.4. The summed E-state index contributed by atoms with van der Waals surface area (Å²) >= 11 is 0. The van der Waals surface area contributed by atoms with Crippen molar-refractivity contribution < 1.29 is 9.53 Å². The fourth-order valence-corrected chi connectivity index (χ4v) is 6.38. The topological polar surface area (TPSA) is 26.3 Å². The Labute approximate surface area is 102 Å². The normalized spacial score (nSPS) is 13.3. The first-order chi connectivity index (χ1) is 7.31. The number of esters is 1. The maximum atomic E-state index is 11.6. The second-order valence-corrected chi connectivity index (χ2v) is 9.76.